The third-order valence-electron chi connectivity index (χ3n) is 4.81. The molecule has 3 atom stereocenters. The molecule has 0 aliphatic carbocycles. The van der Waals surface area contributed by atoms with Crippen LogP contribution in [0.3, 0.4) is 0 Å². The number of carbonyl (C=O) groups excluding carboxylic acids is 1. The standard InChI is InChI=1S/C17H21F3N2O2/c1-2-22-6-5-13(21-17(23)14-4-3-7-24-14)16(22)10-8-11(18)15(20)12(19)9-10/h8-9,13-14,16H,2-7H2,1H3,(H,21,23)/t13-,14-,16-/m0/s1. The normalized spacial score (nSPS) is 27.6. The van der Waals surface area contributed by atoms with Crippen LogP contribution in [0.1, 0.15) is 37.8 Å². The molecule has 4 nitrogen and oxygen atoms in total. The van der Waals surface area contributed by atoms with Gasteiger partial charge in [0.1, 0.15) is 6.10 Å². The van der Waals surface area contributed by atoms with Crippen molar-refractivity contribution in [3.05, 3.63) is 35.1 Å². The molecule has 1 aromatic rings. The number of benzene rings is 1. The summed E-state index contributed by atoms with van der Waals surface area (Å²) in [5, 5.41) is 2.94. The summed E-state index contributed by atoms with van der Waals surface area (Å²) in [6, 6.07) is 1.36. The average molecular weight is 342 g/mol. The smallest absolute Gasteiger partial charge is 0.249 e. The molecule has 1 N–H and O–H groups in total. The third kappa shape index (κ3) is 3.28. The number of nitrogens with one attached hydrogen (secondary N) is 1. The summed E-state index contributed by atoms with van der Waals surface area (Å²) >= 11 is 0. The molecule has 2 aliphatic heterocycles. The molecule has 24 heavy (non-hydrogen) atoms. The number of likely N-dealkylation sites (tertiary alicyclic amines) is 1. The van der Waals surface area contributed by atoms with Crippen molar-refractivity contribution in [2.75, 3.05) is 19.7 Å². The lowest BCUT2D eigenvalue weighted by Gasteiger charge is -2.29. The molecular formula is C17H21F3N2O2. The van der Waals surface area contributed by atoms with Crippen LogP contribution >= 0.6 is 0 Å². The van der Waals surface area contributed by atoms with Gasteiger partial charge < -0.3 is 10.1 Å². The van der Waals surface area contributed by atoms with Gasteiger partial charge in [0, 0.05) is 19.2 Å². The van der Waals surface area contributed by atoms with E-state index < -0.39 is 23.6 Å². The number of rotatable bonds is 4. The highest BCUT2D eigenvalue weighted by atomic mass is 19.2. The third-order valence-corrected chi connectivity index (χ3v) is 4.81. The van der Waals surface area contributed by atoms with E-state index in [2.05, 4.69) is 5.32 Å². The first-order chi connectivity index (χ1) is 11.5. The minimum atomic E-state index is -1.47. The first kappa shape index (κ1) is 17.2. The minimum absolute atomic E-state index is 0.191. The molecule has 7 heteroatoms. The molecule has 2 fully saturated rings. The number of halogens is 3. The molecule has 0 saturated carbocycles. The molecule has 0 unspecified atom stereocenters. The van der Waals surface area contributed by atoms with Crippen LogP contribution in [0.5, 0.6) is 0 Å². The summed E-state index contributed by atoms with van der Waals surface area (Å²) in [7, 11) is 0. The Morgan fingerprint density at radius 2 is 2.00 bits per heavy atom. The number of nitrogens with zero attached hydrogens (tertiary/aromatic N) is 1. The quantitative estimate of drug-likeness (QED) is 0.855. The molecule has 1 amide bonds. The Morgan fingerprint density at radius 1 is 1.29 bits per heavy atom. The summed E-state index contributed by atoms with van der Waals surface area (Å²) in [5.41, 5.74) is 0.336. The van der Waals surface area contributed by atoms with Crippen molar-refractivity contribution in [3.63, 3.8) is 0 Å². The van der Waals surface area contributed by atoms with Gasteiger partial charge in [-0.3, -0.25) is 9.69 Å². The van der Waals surface area contributed by atoms with Gasteiger partial charge in [0.05, 0.1) is 6.04 Å². The second-order valence-electron chi connectivity index (χ2n) is 6.28. The van der Waals surface area contributed by atoms with Crippen LogP contribution in [0.2, 0.25) is 0 Å². The Balaban J connectivity index is 1.82. The van der Waals surface area contributed by atoms with Crippen molar-refractivity contribution in [1.29, 1.82) is 0 Å². The minimum Gasteiger partial charge on any atom is -0.368 e. The van der Waals surface area contributed by atoms with Crippen LogP contribution < -0.4 is 5.32 Å². The van der Waals surface area contributed by atoms with Crippen LogP contribution in [0, 0.1) is 17.5 Å². The molecule has 0 spiro atoms. The number of carbonyl (C=O) groups is 1. The van der Waals surface area contributed by atoms with Crippen molar-refractivity contribution < 1.29 is 22.7 Å². The zero-order valence-electron chi connectivity index (χ0n) is 13.5. The second-order valence-corrected chi connectivity index (χ2v) is 6.28. The van der Waals surface area contributed by atoms with Crippen molar-refractivity contribution in [2.45, 2.75) is 44.4 Å². The fourth-order valence-electron chi connectivity index (χ4n) is 3.61. The highest BCUT2D eigenvalue weighted by molar-refractivity contribution is 5.81. The Bertz CT molecular complexity index is 597. The predicted octanol–water partition coefficient (Wildman–Crippen LogP) is 2.53. The van der Waals surface area contributed by atoms with E-state index in [0.717, 1.165) is 18.6 Å². The van der Waals surface area contributed by atoms with Crippen molar-refractivity contribution in [3.8, 4) is 0 Å². The highest BCUT2D eigenvalue weighted by Crippen LogP contribution is 2.33. The van der Waals surface area contributed by atoms with Crippen LogP contribution in [-0.2, 0) is 9.53 Å². The van der Waals surface area contributed by atoms with Crippen LogP contribution in [0.25, 0.3) is 0 Å². The SMILES string of the molecule is CCN1CC[C@H](NC(=O)[C@@H]2CCCO2)[C@@H]1c1cc(F)c(F)c(F)c1. The van der Waals surface area contributed by atoms with Crippen molar-refractivity contribution in [2.24, 2.45) is 0 Å². The van der Waals surface area contributed by atoms with Crippen LogP contribution in [0.4, 0.5) is 13.2 Å². The average Bonchev–Trinajstić information content (AvgIpc) is 3.21. The van der Waals surface area contributed by atoms with Crippen LogP contribution in [-0.4, -0.2) is 42.6 Å². The number of likely N-dealkylation sites (N-methyl/N-ethyl adjacent to an activating group) is 1. The molecule has 3 rings (SSSR count). The van der Waals surface area contributed by atoms with Crippen LogP contribution in [0.15, 0.2) is 12.1 Å². The first-order valence-corrected chi connectivity index (χ1v) is 8.31. The van der Waals surface area contributed by atoms with E-state index in [4.69, 9.17) is 4.74 Å². The largest absolute Gasteiger partial charge is 0.368 e. The maximum atomic E-state index is 13.6. The van der Waals surface area contributed by atoms with Gasteiger partial charge >= 0.3 is 0 Å². The molecule has 2 aliphatic rings. The van der Waals surface area contributed by atoms with Crippen molar-refractivity contribution >= 4 is 5.91 Å². The lowest BCUT2D eigenvalue weighted by molar-refractivity contribution is -0.131. The number of ether oxygens (including phenoxy) is 1. The zero-order chi connectivity index (χ0) is 17.3. The van der Waals surface area contributed by atoms with E-state index >= 15 is 0 Å². The molecule has 0 aromatic heterocycles. The fraction of sp³-hybridized carbons (Fsp3) is 0.588. The lowest BCUT2D eigenvalue weighted by Crippen LogP contribution is -2.44. The molecule has 2 heterocycles. The van der Waals surface area contributed by atoms with E-state index in [1.54, 1.807) is 0 Å². The highest BCUT2D eigenvalue weighted by Gasteiger charge is 2.37. The van der Waals surface area contributed by atoms with Gasteiger partial charge in [0.25, 0.3) is 0 Å². The topological polar surface area (TPSA) is 41.6 Å². The molecule has 2 saturated heterocycles. The Labute approximate surface area is 139 Å². The summed E-state index contributed by atoms with van der Waals surface area (Å²) in [5.74, 6) is -4.09. The van der Waals surface area contributed by atoms with E-state index in [1.165, 1.54) is 0 Å². The molecule has 1 aromatic carbocycles. The zero-order valence-corrected chi connectivity index (χ0v) is 13.5. The Hall–Kier alpha value is -1.60. The van der Waals surface area contributed by atoms with Gasteiger partial charge in [-0.25, -0.2) is 13.2 Å². The lowest BCUT2D eigenvalue weighted by atomic mass is 9.99. The van der Waals surface area contributed by atoms with E-state index in [9.17, 15) is 18.0 Å². The van der Waals surface area contributed by atoms with Crippen molar-refractivity contribution in [1.82, 2.24) is 10.2 Å². The van der Waals surface area contributed by atoms with Gasteiger partial charge in [0.15, 0.2) is 17.5 Å². The maximum absolute atomic E-state index is 13.6. The second kappa shape index (κ2) is 7.11. The molecule has 0 bridgehead atoms. The summed E-state index contributed by atoms with van der Waals surface area (Å²) in [6.07, 6.45) is 1.74. The summed E-state index contributed by atoms with van der Waals surface area (Å²) in [4.78, 5) is 14.3. The van der Waals surface area contributed by atoms with E-state index in [-0.39, 0.29) is 18.0 Å². The molecular weight excluding hydrogens is 321 g/mol. The van der Waals surface area contributed by atoms with E-state index in [0.29, 0.717) is 38.1 Å². The van der Waals surface area contributed by atoms with Gasteiger partial charge in [-0.1, -0.05) is 6.92 Å². The maximum Gasteiger partial charge on any atom is 0.249 e. The number of hydrogen-bond acceptors (Lipinski definition) is 3. The monoisotopic (exact) mass is 342 g/mol. The van der Waals surface area contributed by atoms with Gasteiger partial charge in [-0.05, 0) is 43.5 Å². The molecule has 0 radical (unpaired) electrons. The van der Waals surface area contributed by atoms with Gasteiger partial charge in [0.2, 0.25) is 5.91 Å². The predicted molar refractivity (Wildman–Crippen MR) is 81.8 cm³/mol. The number of hydrogen-bond donors (Lipinski definition) is 1. The van der Waals surface area contributed by atoms with Gasteiger partial charge in [-0.2, -0.15) is 0 Å². The number of amides is 1. The fourth-order valence-corrected chi connectivity index (χ4v) is 3.61. The molecule has 132 valence electrons. The Kier molecular flexibility index (Phi) is 5.10. The summed E-state index contributed by atoms with van der Waals surface area (Å²) < 4.78 is 45.9. The Morgan fingerprint density at radius 3 is 2.58 bits per heavy atom. The summed E-state index contributed by atoms with van der Waals surface area (Å²) in [6.45, 7) is 3.87. The van der Waals surface area contributed by atoms with E-state index in [1.807, 2.05) is 11.8 Å². The van der Waals surface area contributed by atoms with Gasteiger partial charge in [-0.15, -0.1) is 0 Å². The first-order valence-electron chi connectivity index (χ1n) is 8.31.